The van der Waals surface area contributed by atoms with Gasteiger partial charge in [-0.25, -0.2) is 8.42 Å². The van der Waals surface area contributed by atoms with E-state index in [0.29, 0.717) is 39.9 Å². The van der Waals surface area contributed by atoms with E-state index in [-0.39, 0.29) is 17.2 Å². The van der Waals surface area contributed by atoms with Crippen LogP contribution in [-0.4, -0.2) is 42.8 Å². The van der Waals surface area contributed by atoms with Gasteiger partial charge in [-0.15, -0.1) is 0 Å². The fourth-order valence-electron chi connectivity index (χ4n) is 3.22. The Morgan fingerprint density at radius 2 is 1.32 bits per heavy atom. The maximum absolute atomic E-state index is 12.6. The van der Waals surface area contributed by atoms with Crippen LogP contribution in [0.5, 0.6) is 23.0 Å². The summed E-state index contributed by atoms with van der Waals surface area (Å²) < 4.78 is 48.8. The van der Waals surface area contributed by atoms with Gasteiger partial charge in [0.1, 0.15) is 5.75 Å². The molecule has 9 nitrogen and oxygen atoms in total. The minimum absolute atomic E-state index is 0.0514. The Kier molecular flexibility index (Phi) is 7.85. The van der Waals surface area contributed by atoms with E-state index >= 15 is 0 Å². The number of ether oxygens (including phenoxy) is 4. The third-order valence-corrected chi connectivity index (χ3v) is 6.28. The first-order valence-electron chi connectivity index (χ1n) is 10.1. The number of rotatable bonds is 10. The third-order valence-electron chi connectivity index (χ3n) is 4.88. The molecular weight excluding hydrogens is 460 g/mol. The van der Waals surface area contributed by atoms with Crippen LogP contribution < -0.4 is 29.0 Å². The summed E-state index contributed by atoms with van der Waals surface area (Å²) in [7, 11) is 2.24. The first-order valence-corrected chi connectivity index (χ1v) is 11.6. The molecule has 0 aromatic heterocycles. The number of amides is 1. The quantitative estimate of drug-likeness (QED) is 0.449. The van der Waals surface area contributed by atoms with Gasteiger partial charge < -0.3 is 24.3 Å². The van der Waals surface area contributed by atoms with Crippen molar-refractivity contribution in [3.63, 3.8) is 0 Å². The van der Waals surface area contributed by atoms with Crippen LogP contribution in [0.1, 0.15) is 5.56 Å². The van der Waals surface area contributed by atoms with Crippen LogP contribution in [-0.2, 0) is 21.2 Å². The van der Waals surface area contributed by atoms with Crippen molar-refractivity contribution in [1.29, 1.82) is 0 Å². The normalized spacial score (nSPS) is 10.8. The van der Waals surface area contributed by atoms with Crippen molar-refractivity contribution in [3.05, 3.63) is 66.2 Å². The Bertz CT molecular complexity index is 1220. The summed E-state index contributed by atoms with van der Waals surface area (Å²) in [6, 6.07) is 15.8. The SMILES string of the molecule is COc1ccc(NS(=O)(=O)c2ccc(NC(=O)Cc3cc(OC)c(OC)c(OC)c3)cc2)cc1. The molecule has 0 saturated heterocycles. The standard InChI is InChI=1S/C24H26N2O7S/c1-30-19-9-5-18(6-10-19)26-34(28,29)20-11-7-17(8-12-20)25-23(27)15-16-13-21(31-2)24(33-4)22(14-16)32-3/h5-14,26H,15H2,1-4H3,(H,25,27). The molecule has 0 aliphatic heterocycles. The van der Waals surface area contributed by atoms with Crippen LogP contribution in [0.3, 0.4) is 0 Å². The number of hydrogen-bond donors (Lipinski definition) is 2. The van der Waals surface area contributed by atoms with Crippen LogP contribution in [0.4, 0.5) is 11.4 Å². The maximum Gasteiger partial charge on any atom is 0.261 e. The molecule has 180 valence electrons. The minimum Gasteiger partial charge on any atom is -0.497 e. The Morgan fingerprint density at radius 1 is 0.765 bits per heavy atom. The second-order valence-electron chi connectivity index (χ2n) is 7.12. The van der Waals surface area contributed by atoms with Gasteiger partial charge in [0.15, 0.2) is 11.5 Å². The van der Waals surface area contributed by atoms with Gasteiger partial charge in [0.05, 0.1) is 39.8 Å². The Hall–Kier alpha value is -3.92. The summed E-state index contributed by atoms with van der Waals surface area (Å²) in [6.07, 6.45) is 0.0514. The molecule has 0 atom stereocenters. The lowest BCUT2D eigenvalue weighted by Crippen LogP contribution is -2.15. The van der Waals surface area contributed by atoms with Crippen molar-refractivity contribution in [1.82, 2.24) is 0 Å². The van der Waals surface area contributed by atoms with Gasteiger partial charge in [-0.2, -0.15) is 0 Å². The number of hydrogen-bond acceptors (Lipinski definition) is 7. The van der Waals surface area contributed by atoms with Crippen molar-refractivity contribution >= 4 is 27.3 Å². The molecule has 0 saturated carbocycles. The molecule has 0 heterocycles. The van der Waals surface area contributed by atoms with Gasteiger partial charge in [0.25, 0.3) is 10.0 Å². The average Bonchev–Trinajstić information content (AvgIpc) is 2.83. The van der Waals surface area contributed by atoms with Crippen molar-refractivity contribution < 1.29 is 32.2 Å². The third kappa shape index (κ3) is 5.90. The number of carbonyl (C=O) groups excluding carboxylic acids is 1. The molecule has 0 aliphatic carbocycles. The van der Waals surface area contributed by atoms with Crippen LogP contribution in [0.25, 0.3) is 0 Å². The molecule has 3 rings (SSSR count). The summed E-state index contributed by atoms with van der Waals surface area (Å²) in [6.45, 7) is 0. The number of carbonyl (C=O) groups is 1. The van der Waals surface area contributed by atoms with Gasteiger partial charge >= 0.3 is 0 Å². The van der Waals surface area contributed by atoms with E-state index in [9.17, 15) is 13.2 Å². The van der Waals surface area contributed by atoms with Gasteiger partial charge in [-0.05, 0) is 66.2 Å². The van der Waals surface area contributed by atoms with E-state index in [1.165, 1.54) is 52.7 Å². The molecule has 34 heavy (non-hydrogen) atoms. The molecule has 2 N–H and O–H groups in total. The highest BCUT2D eigenvalue weighted by molar-refractivity contribution is 7.92. The largest absolute Gasteiger partial charge is 0.497 e. The molecule has 1 amide bonds. The van der Waals surface area contributed by atoms with Crippen molar-refractivity contribution in [2.45, 2.75) is 11.3 Å². The zero-order valence-electron chi connectivity index (χ0n) is 19.2. The second-order valence-corrected chi connectivity index (χ2v) is 8.80. The molecule has 3 aromatic carbocycles. The molecule has 0 bridgehead atoms. The predicted molar refractivity (Wildman–Crippen MR) is 129 cm³/mol. The fraction of sp³-hybridized carbons (Fsp3) is 0.208. The van der Waals surface area contributed by atoms with Gasteiger partial charge in [-0.1, -0.05) is 0 Å². The topological polar surface area (TPSA) is 112 Å². The molecule has 0 unspecified atom stereocenters. The first kappa shape index (κ1) is 24.7. The van der Waals surface area contributed by atoms with Gasteiger partial charge in [0.2, 0.25) is 11.7 Å². The first-order chi connectivity index (χ1) is 16.3. The van der Waals surface area contributed by atoms with Crippen molar-refractivity contribution in [2.24, 2.45) is 0 Å². The van der Waals surface area contributed by atoms with E-state index < -0.39 is 10.0 Å². The molecular formula is C24H26N2O7S. The highest BCUT2D eigenvalue weighted by Crippen LogP contribution is 2.38. The zero-order chi connectivity index (χ0) is 24.7. The summed E-state index contributed by atoms with van der Waals surface area (Å²) >= 11 is 0. The zero-order valence-corrected chi connectivity index (χ0v) is 20.1. The number of benzene rings is 3. The number of sulfonamides is 1. The Balaban J connectivity index is 1.67. The number of methoxy groups -OCH3 is 4. The maximum atomic E-state index is 12.6. The summed E-state index contributed by atoms with van der Waals surface area (Å²) in [5.41, 5.74) is 1.53. The Labute approximate surface area is 198 Å². The van der Waals surface area contributed by atoms with Crippen LogP contribution in [0, 0.1) is 0 Å². The van der Waals surface area contributed by atoms with Crippen LogP contribution >= 0.6 is 0 Å². The summed E-state index contributed by atoms with van der Waals surface area (Å²) in [5.74, 6) is 1.66. The molecule has 3 aromatic rings. The van der Waals surface area contributed by atoms with E-state index in [1.54, 1.807) is 36.4 Å². The number of anilines is 2. The smallest absolute Gasteiger partial charge is 0.261 e. The Morgan fingerprint density at radius 3 is 1.82 bits per heavy atom. The number of nitrogens with one attached hydrogen (secondary N) is 2. The fourth-order valence-corrected chi connectivity index (χ4v) is 4.28. The van der Waals surface area contributed by atoms with Crippen LogP contribution in [0.2, 0.25) is 0 Å². The molecule has 0 fully saturated rings. The highest BCUT2D eigenvalue weighted by Gasteiger charge is 2.16. The van der Waals surface area contributed by atoms with E-state index in [1.807, 2.05) is 0 Å². The van der Waals surface area contributed by atoms with Crippen molar-refractivity contribution in [2.75, 3.05) is 38.5 Å². The lowest BCUT2D eigenvalue weighted by Gasteiger charge is -2.14. The molecule has 0 aliphatic rings. The van der Waals surface area contributed by atoms with E-state index in [0.717, 1.165) is 0 Å². The summed E-state index contributed by atoms with van der Waals surface area (Å²) in [5, 5.41) is 2.75. The highest BCUT2D eigenvalue weighted by atomic mass is 32.2. The van der Waals surface area contributed by atoms with Gasteiger partial charge in [-0.3, -0.25) is 9.52 Å². The molecule has 10 heteroatoms. The van der Waals surface area contributed by atoms with Crippen molar-refractivity contribution in [3.8, 4) is 23.0 Å². The minimum atomic E-state index is -3.79. The second kappa shape index (κ2) is 10.8. The van der Waals surface area contributed by atoms with Gasteiger partial charge in [0, 0.05) is 11.4 Å². The monoisotopic (exact) mass is 486 g/mol. The lowest BCUT2D eigenvalue weighted by atomic mass is 10.1. The average molecular weight is 487 g/mol. The molecule has 0 radical (unpaired) electrons. The lowest BCUT2D eigenvalue weighted by molar-refractivity contribution is -0.115. The summed E-state index contributed by atoms with van der Waals surface area (Å²) in [4.78, 5) is 12.6. The van der Waals surface area contributed by atoms with E-state index in [4.69, 9.17) is 18.9 Å². The molecule has 0 spiro atoms. The van der Waals surface area contributed by atoms with E-state index in [2.05, 4.69) is 10.0 Å². The predicted octanol–water partition coefficient (Wildman–Crippen LogP) is 3.70. The van der Waals surface area contributed by atoms with Crippen LogP contribution in [0.15, 0.2) is 65.6 Å².